The standard InChI is InChI=1S/C18H28N2O/c1-4-14(5-2)13-20-17(6-3)19-16(18(20)21)12-15-10-8-7-9-11-15/h7-11,14,16-17,19H,4-6,12-13H2,1-3H3. The van der Waals surface area contributed by atoms with Gasteiger partial charge in [0.25, 0.3) is 0 Å². The molecule has 1 aromatic rings. The third-order valence-corrected chi connectivity index (χ3v) is 4.63. The molecule has 0 saturated carbocycles. The van der Waals surface area contributed by atoms with Crippen LogP contribution < -0.4 is 5.32 Å². The van der Waals surface area contributed by atoms with Crippen LogP contribution in [0.2, 0.25) is 0 Å². The van der Waals surface area contributed by atoms with Gasteiger partial charge in [-0.05, 0) is 24.3 Å². The Bertz CT molecular complexity index is 442. The van der Waals surface area contributed by atoms with E-state index in [-0.39, 0.29) is 18.1 Å². The Kier molecular flexibility index (Phi) is 5.80. The quantitative estimate of drug-likeness (QED) is 0.835. The van der Waals surface area contributed by atoms with E-state index in [1.165, 1.54) is 5.56 Å². The number of rotatable bonds is 7. The molecule has 1 aromatic carbocycles. The molecule has 1 amide bonds. The summed E-state index contributed by atoms with van der Waals surface area (Å²) in [6, 6.07) is 10.2. The highest BCUT2D eigenvalue weighted by Gasteiger charge is 2.38. The van der Waals surface area contributed by atoms with Gasteiger partial charge < -0.3 is 4.90 Å². The van der Waals surface area contributed by atoms with Crippen molar-refractivity contribution in [1.82, 2.24) is 10.2 Å². The summed E-state index contributed by atoms with van der Waals surface area (Å²) in [7, 11) is 0. The van der Waals surface area contributed by atoms with Gasteiger partial charge in [0.15, 0.2) is 0 Å². The third kappa shape index (κ3) is 3.85. The van der Waals surface area contributed by atoms with Gasteiger partial charge in [-0.2, -0.15) is 0 Å². The minimum absolute atomic E-state index is 0.0632. The maximum Gasteiger partial charge on any atom is 0.241 e. The minimum Gasteiger partial charge on any atom is -0.326 e. The number of hydrogen-bond donors (Lipinski definition) is 1. The van der Waals surface area contributed by atoms with Gasteiger partial charge in [-0.25, -0.2) is 0 Å². The largest absolute Gasteiger partial charge is 0.326 e. The van der Waals surface area contributed by atoms with Gasteiger partial charge >= 0.3 is 0 Å². The Hall–Kier alpha value is -1.35. The summed E-state index contributed by atoms with van der Waals surface area (Å²) in [6.45, 7) is 7.47. The van der Waals surface area contributed by atoms with Crippen LogP contribution in [0.15, 0.2) is 30.3 Å². The molecule has 0 aromatic heterocycles. The lowest BCUT2D eigenvalue weighted by Gasteiger charge is -2.27. The Morgan fingerprint density at radius 1 is 1.14 bits per heavy atom. The Morgan fingerprint density at radius 2 is 1.81 bits per heavy atom. The van der Waals surface area contributed by atoms with Crippen LogP contribution in [-0.2, 0) is 11.2 Å². The van der Waals surface area contributed by atoms with E-state index in [1.54, 1.807) is 0 Å². The zero-order valence-electron chi connectivity index (χ0n) is 13.5. The maximum atomic E-state index is 12.7. The third-order valence-electron chi connectivity index (χ3n) is 4.63. The summed E-state index contributed by atoms with van der Waals surface area (Å²) in [5, 5.41) is 3.52. The van der Waals surface area contributed by atoms with E-state index in [1.807, 2.05) is 18.2 Å². The molecular formula is C18H28N2O. The van der Waals surface area contributed by atoms with Crippen molar-refractivity contribution in [3.63, 3.8) is 0 Å². The average molecular weight is 288 g/mol. The van der Waals surface area contributed by atoms with Crippen LogP contribution in [0.25, 0.3) is 0 Å². The number of carbonyl (C=O) groups is 1. The van der Waals surface area contributed by atoms with Crippen LogP contribution in [0.3, 0.4) is 0 Å². The van der Waals surface area contributed by atoms with E-state index in [0.29, 0.717) is 5.92 Å². The van der Waals surface area contributed by atoms with Gasteiger partial charge in [0.1, 0.15) is 0 Å². The van der Waals surface area contributed by atoms with Crippen molar-refractivity contribution in [1.29, 1.82) is 0 Å². The molecule has 21 heavy (non-hydrogen) atoms. The molecule has 3 nitrogen and oxygen atoms in total. The Balaban J connectivity index is 2.04. The van der Waals surface area contributed by atoms with Gasteiger partial charge in [-0.15, -0.1) is 0 Å². The van der Waals surface area contributed by atoms with E-state index in [9.17, 15) is 4.79 Å². The zero-order valence-corrected chi connectivity index (χ0v) is 13.5. The van der Waals surface area contributed by atoms with Gasteiger partial charge in [0, 0.05) is 6.54 Å². The number of benzene rings is 1. The number of nitrogens with zero attached hydrogens (tertiary/aromatic N) is 1. The van der Waals surface area contributed by atoms with Crippen LogP contribution in [0.1, 0.15) is 45.6 Å². The summed E-state index contributed by atoms with van der Waals surface area (Å²) in [5.41, 5.74) is 1.22. The van der Waals surface area contributed by atoms with E-state index < -0.39 is 0 Å². The van der Waals surface area contributed by atoms with Crippen molar-refractivity contribution in [2.45, 2.75) is 58.7 Å². The molecule has 1 N–H and O–H groups in total. The van der Waals surface area contributed by atoms with Crippen LogP contribution in [0.4, 0.5) is 0 Å². The molecule has 116 valence electrons. The first kappa shape index (κ1) is 16.0. The number of nitrogens with one attached hydrogen (secondary N) is 1. The molecule has 0 bridgehead atoms. The van der Waals surface area contributed by atoms with Crippen molar-refractivity contribution in [3.8, 4) is 0 Å². The smallest absolute Gasteiger partial charge is 0.241 e. The van der Waals surface area contributed by atoms with Crippen molar-refractivity contribution < 1.29 is 4.79 Å². The molecule has 0 radical (unpaired) electrons. The SMILES string of the molecule is CCC(CC)CN1C(=O)C(Cc2ccccc2)NC1CC. The fourth-order valence-corrected chi connectivity index (χ4v) is 3.12. The van der Waals surface area contributed by atoms with Crippen LogP contribution >= 0.6 is 0 Å². The lowest BCUT2D eigenvalue weighted by Crippen LogP contribution is -2.39. The molecule has 0 aliphatic carbocycles. The molecule has 1 aliphatic heterocycles. The lowest BCUT2D eigenvalue weighted by atomic mass is 10.0. The molecule has 3 heteroatoms. The molecule has 0 spiro atoms. The van der Waals surface area contributed by atoms with Crippen molar-refractivity contribution >= 4 is 5.91 Å². The Morgan fingerprint density at radius 3 is 2.38 bits per heavy atom. The summed E-state index contributed by atoms with van der Waals surface area (Å²) in [4.78, 5) is 14.8. The maximum absolute atomic E-state index is 12.7. The molecular weight excluding hydrogens is 260 g/mol. The van der Waals surface area contributed by atoms with Crippen molar-refractivity contribution in [2.75, 3.05) is 6.54 Å². The second-order valence-corrected chi connectivity index (χ2v) is 6.01. The number of amides is 1. The molecule has 2 atom stereocenters. The molecule has 1 aliphatic rings. The highest BCUT2D eigenvalue weighted by atomic mass is 16.2. The molecule has 1 saturated heterocycles. The monoisotopic (exact) mass is 288 g/mol. The summed E-state index contributed by atoms with van der Waals surface area (Å²) < 4.78 is 0. The van der Waals surface area contributed by atoms with Crippen molar-refractivity contribution in [3.05, 3.63) is 35.9 Å². The van der Waals surface area contributed by atoms with E-state index >= 15 is 0 Å². The van der Waals surface area contributed by atoms with Gasteiger partial charge in [-0.3, -0.25) is 10.1 Å². The first-order valence-corrected chi connectivity index (χ1v) is 8.29. The second kappa shape index (κ2) is 7.60. The molecule has 1 fully saturated rings. The summed E-state index contributed by atoms with van der Waals surface area (Å²) >= 11 is 0. The predicted molar refractivity (Wildman–Crippen MR) is 86.9 cm³/mol. The van der Waals surface area contributed by atoms with E-state index in [4.69, 9.17) is 0 Å². The van der Waals surface area contributed by atoms with E-state index in [0.717, 1.165) is 32.2 Å². The normalized spacial score (nSPS) is 22.3. The van der Waals surface area contributed by atoms with E-state index in [2.05, 4.69) is 43.1 Å². The highest BCUT2D eigenvalue weighted by molar-refractivity contribution is 5.84. The predicted octanol–water partition coefficient (Wildman–Crippen LogP) is 3.20. The second-order valence-electron chi connectivity index (χ2n) is 6.01. The van der Waals surface area contributed by atoms with Crippen molar-refractivity contribution in [2.24, 2.45) is 5.92 Å². The van der Waals surface area contributed by atoms with Crippen LogP contribution in [0, 0.1) is 5.92 Å². The summed E-state index contributed by atoms with van der Waals surface area (Å²) in [5.74, 6) is 0.887. The van der Waals surface area contributed by atoms with Gasteiger partial charge in [0.2, 0.25) is 5.91 Å². The topological polar surface area (TPSA) is 32.3 Å². The fraction of sp³-hybridized carbons (Fsp3) is 0.611. The van der Waals surface area contributed by atoms with Crippen LogP contribution in [-0.4, -0.2) is 29.6 Å². The summed E-state index contributed by atoms with van der Waals surface area (Å²) in [6.07, 6.45) is 4.24. The zero-order chi connectivity index (χ0) is 15.2. The fourth-order valence-electron chi connectivity index (χ4n) is 3.12. The number of carbonyl (C=O) groups excluding carboxylic acids is 1. The average Bonchev–Trinajstić information content (AvgIpc) is 2.82. The highest BCUT2D eigenvalue weighted by Crippen LogP contribution is 2.20. The lowest BCUT2D eigenvalue weighted by molar-refractivity contribution is -0.130. The minimum atomic E-state index is -0.0632. The first-order valence-electron chi connectivity index (χ1n) is 8.29. The molecule has 1 heterocycles. The Labute approximate surface area is 128 Å². The van der Waals surface area contributed by atoms with Crippen LogP contribution in [0.5, 0.6) is 0 Å². The molecule has 2 rings (SSSR count). The van der Waals surface area contributed by atoms with Gasteiger partial charge in [0.05, 0.1) is 12.2 Å². The van der Waals surface area contributed by atoms with Gasteiger partial charge in [-0.1, -0.05) is 63.9 Å². The first-order chi connectivity index (χ1) is 10.2. The molecule has 2 unspecified atom stereocenters. The number of hydrogen-bond acceptors (Lipinski definition) is 2.